The van der Waals surface area contributed by atoms with Crippen LogP contribution >= 0.6 is 0 Å². The van der Waals surface area contributed by atoms with Crippen LogP contribution in [0.3, 0.4) is 0 Å². The van der Waals surface area contributed by atoms with Crippen molar-refractivity contribution in [1.29, 1.82) is 0 Å². The predicted octanol–water partition coefficient (Wildman–Crippen LogP) is 3.24. The minimum absolute atomic E-state index is 0.0603. The molecule has 30 heavy (non-hydrogen) atoms. The van der Waals surface area contributed by atoms with E-state index < -0.39 is 11.6 Å². The van der Waals surface area contributed by atoms with Gasteiger partial charge in [-0.1, -0.05) is 0 Å². The molecule has 0 saturated carbocycles. The van der Waals surface area contributed by atoms with Gasteiger partial charge in [0.2, 0.25) is 11.8 Å². The van der Waals surface area contributed by atoms with Gasteiger partial charge in [-0.3, -0.25) is 9.59 Å². The Balaban J connectivity index is 1.39. The average molecular weight is 418 g/mol. The first-order chi connectivity index (χ1) is 14.5. The maximum Gasteiger partial charge on any atom is 0.246 e. The fourth-order valence-electron chi connectivity index (χ4n) is 4.97. The van der Waals surface area contributed by atoms with Crippen molar-refractivity contribution in [1.82, 2.24) is 9.80 Å². The lowest BCUT2D eigenvalue weighted by atomic mass is 9.83. The summed E-state index contributed by atoms with van der Waals surface area (Å²) in [5.41, 5.74) is 0.190. The molecule has 0 bridgehead atoms. The van der Waals surface area contributed by atoms with E-state index >= 15 is 0 Å². The Morgan fingerprint density at radius 3 is 2.63 bits per heavy atom. The van der Waals surface area contributed by atoms with Gasteiger partial charge in [0.15, 0.2) is 0 Å². The van der Waals surface area contributed by atoms with E-state index in [0.717, 1.165) is 38.2 Å². The summed E-state index contributed by atoms with van der Waals surface area (Å²) in [5.74, 6) is -0.918. The summed E-state index contributed by atoms with van der Waals surface area (Å²) in [6.07, 6.45) is 7.03. The van der Waals surface area contributed by atoms with Crippen molar-refractivity contribution in [3.05, 3.63) is 41.5 Å². The van der Waals surface area contributed by atoms with Crippen LogP contribution in [0.4, 0.5) is 8.78 Å². The lowest BCUT2D eigenvalue weighted by Gasteiger charge is -2.47. The van der Waals surface area contributed by atoms with Crippen molar-refractivity contribution in [2.45, 2.75) is 38.1 Å². The number of carbonyl (C=O) groups excluding carboxylic acids is 2. The van der Waals surface area contributed by atoms with Crippen molar-refractivity contribution in [2.24, 2.45) is 11.8 Å². The molecule has 2 atom stereocenters. The molecule has 3 fully saturated rings. The van der Waals surface area contributed by atoms with Gasteiger partial charge >= 0.3 is 0 Å². The molecule has 2 amide bonds. The highest BCUT2D eigenvalue weighted by atomic mass is 19.1. The Morgan fingerprint density at radius 2 is 1.87 bits per heavy atom. The summed E-state index contributed by atoms with van der Waals surface area (Å²) >= 11 is 0. The van der Waals surface area contributed by atoms with Crippen LogP contribution in [-0.4, -0.2) is 60.5 Å². The van der Waals surface area contributed by atoms with Crippen LogP contribution in [0, 0.1) is 23.5 Å². The van der Waals surface area contributed by atoms with E-state index in [4.69, 9.17) is 4.74 Å². The number of ether oxygens (including phenoxy) is 1. The number of piperidine rings is 2. The van der Waals surface area contributed by atoms with Gasteiger partial charge in [0.25, 0.3) is 0 Å². The van der Waals surface area contributed by atoms with E-state index in [9.17, 15) is 18.4 Å². The fraction of sp³-hybridized carbons (Fsp3) is 0.565. The summed E-state index contributed by atoms with van der Waals surface area (Å²) in [6, 6.07) is 3.42. The molecule has 0 spiro atoms. The monoisotopic (exact) mass is 418 g/mol. The molecular formula is C23H28F2N2O3. The van der Waals surface area contributed by atoms with Crippen molar-refractivity contribution in [3.8, 4) is 0 Å². The SMILES string of the molecule is O=C(C1CCOCC1)N1CC[C@H]2[C@H](CCCN2C(=O)/C=C/c2ccc(F)cc2F)C1. The second kappa shape index (κ2) is 9.25. The molecule has 4 rings (SSSR count). The third kappa shape index (κ3) is 4.56. The maximum atomic E-state index is 13.8. The van der Waals surface area contributed by atoms with Gasteiger partial charge in [0, 0.05) is 62.5 Å². The number of halogens is 2. The average Bonchev–Trinajstić information content (AvgIpc) is 2.77. The van der Waals surface area contributed by atoms with E-state index in [0.29, 0.717) is 32.8 Å². The Hall–Kier alpha value is -2.28. The fourth-order valence-corrected chi connectivity index (χ4v) is 4.97. The zero-order chi connectivity index (χ0) is 21.1. The standard InChI is InChI=1S/C23H28F2N2O3/c24-19-5-3-16(20(25)14-19)4-6-22(28)27-10-1-2-18-15-26(11-7-21(18)27)23(29)17-8-12-30-13-9-17/h3-6,14,17-18,21H,1-2,7-13,15H2/b6-4+/t18-,21+/m1/s1. The number of amides is 2. The second-order valence-electron chi connectivity index (χ2n) is 8.46. The van der Waals surface area contributed by atoms with Crippen LogP contribution in [0.1, 0.15) is 37.7 Å². The molecule has 3 saturated heterocycles. The molecule has 0 radical (unpaired) electrons. The normalized spacial score (nSPS) is 25.4. The van der Waals surface area contributed by atoms with Crippen molar-refractivity contribution in [3.63, 3.8) is 0 Å². The van der Waals surface area contributed by atoms with Crippen LogP contribution in [0.25, 0.3) is 6.08 Å². The summed E-state index contributed by atoms with van der Waals surface area (Å²) in [7, 11) is 0. The number of hydrogen-bond acceptors (Lipinski definition) is 3. The topological polar surface area (TPSA) is 49.9 Å². The molecule has 162 valence electrons. The first kappa shape index (κ1) is 21.0. The summed E-state index contributed by atoms with van der Waals surface area (Å²) in [4.78, 5) is 29.5. The van der Waals surface area contributed by atoms with Crippen LogP contribution in [0.5, 0.6) is 0 Å². The summed E-state index contributed by atoms with van der Waals surface area (Å²) in [6.45, 7) is 3.33. The molecule has 0 aromatic heterocycles. The molecule has 3 aliphatic heterocycles. The number of fused-ring (bicyclic) bond motifs is 1. The van der Waals surface area contributed by atoms with E-state index in [1.807, 2.05) is 9.80 Å². The largest absolute Gasteiger partial charge is 0.381 e. The lowest BCUT2D eigenvalue weighted by Crippen LogP contribution is -2.57. The first-order valence-corrected chi connectivity index (χ1v) is 10.8. The van der Waals surface area contributed by atoms with Gasteiger partial charge in [-0.15, -0.1) is 0 Å². The number of likely N-dealkylation sites (tertiary alicyclic amines) is 2. The van der Waals surface area contributed by atoms with Gasteiger partial charge in [-0.2, -0.15) is 0 Å². The minimum Gasteiger partial charge on any atom is -0.381 e. The number of benzene rings is 1. The van der Waals surface area contributed by atoms with Crippen LogP contribution in [0.2, 0.25) is 0 Å². The third-order valence-corrected chi connectivity index (χ3v) is 6.60. The molecule has 0 N–H and O–H groups in total. The smallest absolute Gasteiger partial charge is 0.246 e. The molecular weight excluding hydrogens is 390 g/mol. The van der Waals surface area contributed by atoms with Crippen molar-refractivity contribution >= 4 is 17.9 Å². The van der Waals surface area contributed by atoms with Crippen LogP contribution in [0.15, 0.2) is 24.3 Å². The molecule has 0 aliphatic carbocycles. The Bertz CT molecular complexity index is 823. The van der Waals surface area contributed by atoms with E-state index in [-0.39, 0.29) is 35.3 Å². The molecule has 3 aliphatic rings. The molecule has 0 unspecified atom stereocenters. The highest BCUT2D eigenvalue weighted by molar-refractivity contribution is 5.92. The number of carbonyl (C=O) groups is 2. The molecule has 1 aromatic carbocycles. The van der Waals surface area contributed by atoms with E-state index in [1.54, 1.807) is 0 Å². The second-order valence-corrected chi connectivity index (χ2v) is 8.46. The van der Waals surface area contributed by atoms with Gasteiger partial charge < -0.3 is 14.5 Å². The highest BCUT2D eigenvalue weighted by Crippen LogP contribution is 2.32. The maximum absolute atomic E-state index is 13.8. The zero-order valence-corrected chi connectivity index (χ0v) is 17.1. The Labute approximate surface area is 175 Å². The van der Waals surface area contributed by atoms with Gasteiger partial charge in [-0.25, -0.2) is 8.78 Å². The summed E-state index contributed by atoms with van der Waals surface area (Å²) < 4.78 is 32.2. The first-order valence-electron chi connectivity index (χ1n) is 10.8. The third-order valence-electron chi connectivity index (χ3n) is 6.60. The van der Waals surface area contributed by atoms with Crippen molar-refractivity contribution in [2.75, 3.05) is 32.8 Å². The molecule has 7 heteroatoms. The molecule has 5 nitrogen and oxygen atoms in total. The van der Waals surface area contributed by atoms with Crippen LogP contribution in [-0.2, 0) is 14.3 Å². The molecule has 1 aromatic rings. The van der Waals surface area contributed by atoms with Gasteiger partial charge in [0.05, 0.1) is 0 Å². The lowest BCUT2D eigenvalue weighted by molar-refractivity contribution is -0.144. The quantitative estimate of drug-likeness (QED) is 0.708. The van der Waals surface area contributed by atoms with Gasteiger partial charge in [-0.05, 0) is 56.2 Å². The van der Waals surface area contributed by atoms with Crippen LogP contribution < -0.4 is 0 Å². The predicted molar refractivity (Wildman–Crippen MR) is 108 cm³/mol. The number of nitrogens with zero attached hydrogens (tertiary/aromatic N) is 2. The Morgan fingerprint density at radius 1 is 1.07 bits per heavy atom. The zero-order valence-electron chi connectivity index (χ0n) is 17.1. The van der Waals surface area contributed by atoms with Gasteiger partial charge in [0.1, 0.15) is 11.6 Å². The Kier molecular flexibility index (Phi) is 6.46. The van der Waals surface area contributed by atoms with E-state index in [1.165, 1.54) is 24.3 Å². The van der Waals surface area contributed by atoms with Crippen molar-refractivity contribution < 1.29 is 23.1 Å². The summed E-state index contributed by atoms with van der Waals surface area (Å²) in [5, 5.41) is 0. The highest BCUT2D eigenvalue weighted by Gasteiger charge is 2.40. The number of rotatable bonds is 3. The van der Waals surface area contributed by atoms with E-state index in [2.05, 4.69) is 0 Å². The minimum atomic E-state index is -0.685. The number of hydrogen-bond donors (Lipinski definition) is 0. The molecule has 3 heterocycles.